The van der Waals surface area contributed by atoms with E-state index >= 15 is 0 Å². The molecule has 0 spiro atoms. The number of aryl methyl sites for hydroxylation is 1. The lowest BCUT2D eigenvalue weighted by atomic mass is 10.1. The highest BCUT2D eigenvalue weighted by Crippen LogP contribution is 2.24. The number of aromatic hydroxyl groups is 2. The summed E-state index contributed by atoms with van der Waals surface area (Å²) < 4.78 is 0. The topological polar surface area (TPSA) is 69.6 Å². The molecule has 2 rings (SSSR count). The second kappa shape index (κ2) is 5.20. The van der Waals surface area contributed by atoms with Gasteiger partial charge in [-0.3, -0.25) is 4.79 Å². The third-order valence-electron chi connectivity index (χ3n) is 2.66. The molecular formula is C14H12ClNO3. The number of phenolic OH excluding ortho intramolecular Hbond substituents is 2. The molecule has 0 bridgehead atoms. The number of hydrogen-bond acceptors (Lipinski definition) is 3. The van der Waals surface area contributed by atoms with Crippen molar-refractivity contribution in [2.75, 3.05) is 5.32 Å². The number of hydrogen-bond donors (Lipinski definition) is 3. The van der Waals surface area contributed by atoms with E-state index in [9.17, 15) is 15.0 Å². The fourth-order valence-electron chi connectivity index (χ4n) is 1.67. The third-order valence-corrected chi connectivity index (χ3v) is 2.90. The van der Waals surface area contributed by atoms with E-state index in [1.54, 1.807) is 13.0 Å². The van der Waals surface area contributed by atoms with Crippen LogP contribution in [0.3, 0.4) is 0 Å². The fraction of sp³-hybridized carbons (Fsp3) is 0.0714. The SMILES string of the molecule is Cc1cc(O)ccc1NC(=O)c1cc(Cl)ccc1O. The summed E-state index contributed by atoms with van der Waals surface area (Å²) in [6, 6.07) is 8.85. The van der Waals surface area contributed by atoms with Crippen molar-refractivity contribution in [2.24, 2.45) is 0 Å². The normalized spacial score (nSPS) is 10.2. The maximum absolute atomic E-state index is 12.0. The lowest BCUT2D eigenvalue weighted by Gasteiger charge is -2.10. The molecule has 0 heterocycles. The summed E-state index contributed by atoms with van der Waals surface area (Å²) in [7, 11) is 0. The number of rotatable bonds is 2. The Kier molecular flexibility index (Phi) is 3.62. The molecule has 98 valence electrons. The zero-order valence-corrected chi connectivity index (χ0v) is 10.9. The molecular weight excluding hydrogens is 266 g/mol. The molecule has 0 aliphatic rings. The molecule has 0 saturated carbocycles. The van der Waals surface area contributed by atoms with Crippen molar-refractivity contribution in [1.82, 2.24) is 0 Å². The molecule has 5 heteroatoms. The van der Waals surface area contributed by atoms with Crippen molar-refractivity contribution in [2.45, 2.75) is 6.92 Å². The summed E-state index contributed by atoms with van der Waals surface area (Å²) >= 11 is 5.79. The van der Waals surface area contributed by atoms with E-state index in [0.717, 1.165) is 5.56 Å². The summed E-state index contributed by atoms with van der Waals surface area (Å²) in [6.45, 7) is 1.76. The van der Waals surface area contributed by atoms with Crippen molar-refractivity contribution in [1.29, 1.82) is 0 Å². The van der Waals surface area contributed by atoms with Gasteiger partial charge in [0.2, 0.25) is 0 Å². The molecule has 4 nitrogen and oxygen atoms in total. The van der Waals surface area contributed by atoms with E-state index in [1.165, 1.54) is 30.3 Å². The average molecular weight is 278 g/mol. The number of halogens is 1. The summed E-state index contributed by atoms with van der Waals surface area (Å²) in [5.41, 5.74) is 1.37. The van der Waals surface area contributed by atoms with Crippen LogP contribution in [0.15, 0.2) is 36.4 Å². The Bertz CT molecular complexity index is 641. The van der Waals surface area contributed by atoms with Gasteiger partial charge in [0.15, 0.2) is 0 Å². The Labute approximate surface area is 115 Å². The van der Waals surface area contributed by atoms with Gasteiger partial charge in [-0.1, -0.05) is 11.6 Å². The maximum Gasteiger partial charge on any atom is 0.259 e. The van der Waals surface area contributed by atoms with Gasteiger partial charge < -0.3 is 15.5 Å². The van der Waals surface area contributed by atoms with E-state index < -0.39 is 5.91 Å². The van der Waals surface area contributed by atoms with E-state index in [2.05, 4.69) is 5.32 Å². The first kappa shape index (κ1) is 13.2. The van der Waals surface area contributed by atoms with E-state index in [4.69, 9.17) is 11.6 Å². The molecule has 0 aliphatic carbocycles. The van der Waals surface area contributed by atoms with E-state index in [1.807, 2.05) is 0 Å². The predicted molar refractivity (Wildman–Crippen MR) is 73.9 cm³/mol. The lowest BCUT2D eigenvalue weighted by molar-refractivity contribution is 0.102. The Morgan fingerprint density at radius 2 is 1.89 bits per heavy atom. The van der Waals surface area contributed by atoms with Gasteiger partial charge in [0, 0.05) is 10.7 Å². The van der Waals surface area contributed by atoms with Crippen LogP contribution in [0.2, 0.25) is 5.02 Å². The molecule has 0 aliphatic heterocycles. The minimum atomic E-state index is -0.464. The summed E-state index contributed by atoms with van der Waals surface area (Å²) in [5.74, 6) is -0.478. The summed E-state index contributed by atoms with van der Waals surface area (Å²) in [4.78, 5) is 12.0. The number of carbonyl (C=O) groups excluding carboxylic acids is 1. The van der Waals surface area contributed by atoms with Crippen LogP contribution in [-0.2, 0) is 0 Å². The van der Waals surface area contributed by atoms with Gasteiger partial charge in [-0.25, -0.2) is 0 Å². The molecule has 19 heavy (non-hydrogen) atoms. The molecule has 0 fully saturated rings. The highest BCUT2D eigenvalue weighted by molar-refractivity contribution is 6.31. The van der Waals surface area contributed by atoms with Gasteiger partial charge in [0.25, 0.3) is 5.91 Å². The maximum atomic E-state index is 12.0. The van der Waals surface area contributed by atoms with Gasteiger partial charge in [0.1, 0.15) is 11.5 Å². The fourth-order valence-corrected chi connectivity index (χ4v) is 1.84. The van der Waals surface area contributed by atoms with Crippen molar-refractivity contribution in [3.63, 3.8) is 0 Å². The number of nitrogens with one attached hydrogen (secondary N) is 1. The van der Waals surface area contributed by atoms with Crippen LogP contribution in [0.1, 0.15) is 15.9 Å². The molecule has 0 aromatic heterocycles. The molecule has 0 radical (unpaired) electrons. The van der Waals surface area contributed by atoms with Crippen LogP contribution in [0.25, 0.3) is 0 Å². The number of carbonyl (C=O) groups is 1. The zero-order valence-electron chi connectivity index (χ0n) is 10.1. The van der Waals surface area contributed by atoms with Crippen LogP contribution in [0, 0.1) is 6.92 Å². The van der Waals surface area contributed by atoms with Gasteiger partial charge in [0.05, 0.1) is 5.56 Å². The minimum Gasteiger partial charge on any atom is -0.508 e. The largest absolute Gasteiger partial charge is 0.508 e. The van der Waals surface area contributed by atoms with Crippen LogP contribution >= 0.6 is 11.6 Å². The molecule has 0 unspecified atom stereocenters. The van der Waals surface area contributed by atoms with Gasteiger partial charge in [-0.2, -0.15) is 0 Å². The molecule has 1 amide bonds. The highest BCUT2D eigenvalue weighted by atomic mass is 35.5. The van der Waals surface area contributed by atoms with Crippen molar-refractivity contribution >= 4 is 23.2 Å². The van der Waals surface area contributed by atoms with Crippen molar-refractivity contribution in [3.8, 4) is 11.5 Å². The van der Waals surface area contributed by atoms with E-state index in [-0.39, 0.29) is 17.1 Å². The standard InChI is InChI=1S/C14H12ClNO3/c1-8-6-10(17)3-4-12(8)16-14(19)11-7-9(15)2-5-13(11)18/h2-7,17-18H,1H3,(H,16,19). The van der Waals surface area contributed by atoms with Crippen LogP contribution in [0.4, 0.5) is 5.69 Å². The monoisotopic (exact) mass is 277 g/mol. The second-order valence-electron chi connectivity index (χ2n) is 4.11. The zero-order chi connectivity index (χ0) is 14.0. The van der Waals surface area contributed by atoms with Gasteiger partial charge >= 0.3 is 0 Å². The molecule has 0 atom stereocenters. The molecule has 3 N–H and O–H groups in total. The lowest BCUT2D eigenvalue weighted by Crippen LogP contribution is -2.12. The van der Waals surface area contributed by atoms with Crippen molar-refractivity contribution < 1.29 is 15.0 Å². The van der Waals surface area contributed by atoms with Gasteiger partial charge in [-0.05, 0) is 48.9 Å². The minimum absolute atomic E-state index is 0.0972. The number of phenols is 2. The van der Waals surface area contributed by atoms with Crippen molar-refractivity contribution in [3.05, 3.63) is 52.5 Å². The van der Waals surface area contributed by atoms with Crippen LogP contribution in [0.5, 0.6) is 11.5 Å². The quantitative estimate of drug-likeness (QED) is 0.738. The first-order valence-electron chi connectivity index (χ1n) is 5.57. The first-order valence-corrected chi connectivity index (χ1v) is 5.94. The highest BCUT2D eigenvalue weighted by Gasteiger charge is 2.13. The number of anilines is 1. The first-order chi connectivity index (χ1) is 8.97. The summed E-state index contributed by atoms with van der Waals surface area (Å²) in [5, 5.41) is 22.0. The molecule has 2 aromatic carbocycles. The third kappa shape index (κ3) is 2.98. The predicted octanol–water partition coefficient (Wildman–Crippen LogP) is 3.31. The van der Waals surface area contributed by atoms with Crippen LogP contribution in [-0.4, -0.2) is 16.1 Å². The Morgan fingerprint density at radius 1 is 1.16 bits per heavy atom. The number of benzene rings is 2. The Morgan fingerprint density at radius 3 is 2.58 bits per heavy atom. The second-order valence-corrected chi connectivity index (χ2v) is 4.55. The smallest absolute Gasteiger partial charge is 0.259 e. The van der Waals surface area contributed by atoms with Gasteiger partial charge in [-0.15, -0.1) is 0 Å². The Balaban J connectivity index is 2.28. The summed E-state index contributed by atoms with van der Waals surface area (Å²) in [6.07, 6.45) is 0. The number of amides is 1. The van der Waals surface area contributed by atoms with E-state index in [0.29, 0.717) is 10.7 Å². The molecule has 2 aromatic rings. The Hall–Kier alpha value is -2.20. The molecule has 0 saturated heterocycles. The average Bonchev–Trinajstić information content (AvgIpc) is 2.35. The van der Waals surface area contributed by atoms with Crippen LogP contribution < -0.4 is 5.32 Å².